The lowest BCUT2D eigenvalue weighted by molar-refractivity contribution is -0.146. The molecule has 4 unspecified atom stereocenters. The van der Waals surface area contributed by atoms with Crippen LogP contribution in [0.15, 0.2) is 0 Å². The van der Waals surface area contributed by atoms with Crippen molar-refractivity contribution in [1.82, 2.24) is 0 Å². The van der Waals surface area contributed by atoms with Crippen molar-refractivity contribution in [1.29, 1.82) is 0 Å². The second-order valence-corrected chi connectivity index (χ2v) is 8.85. The van der Waals surface area contributed by atoms with Gasteiger partial charge in [0.15, 0.2) is 0 Å². The molecule has 0 aromatic rings. The van der Waals surface area contributed by atoms with Crippen molar-refractivity contribution < 1.29 is 9.90 Å². The molecule has 0 aliphatic heterocycles. The van der Waals surface area contributed by atoms with Gasteiger partial charge < -0.3 is 5.11 Å². The van der Waals surface area contributed by atoms with Gasteiger partial charge in [-0.1, -0.05) is 70.6 Å². The molecule has 134 valence electrons. The van der Waals surface area contributed by atoms with E-state index in [-0.39, 0.29) is 5.92 Å². The summed E-state index contributed by atoms with van der Waals surface area (Å²) in [5.74, 6) is 0.181. The van der Waals surface area contributed by atoms with Gasteiger partial charge in [-0.15, -0.1) is 9.24 Å². The highest BCUT2D eigenvalue weighted by Gasteiger charge is 2.37. The Morgan fingerprint density at radius 1 is 0.739 bits per heavy atom. The molecule has 2 aliphatic carbocycles. The van der Waals surface area contributed by atoms with E-state index in [2.05, 4.69) is 9.24 Å². The molecule has 4 atom stereocenters. The third kappa shape index (κ3) is 6.37. The van der Waals surface area contributed by atoms with E-state index in [1.807, 2.05) is 0 Å². The van der Waals surface area contributed by atoms with Crippen molar-refractivity contribution in [3.63, 3.8) is 0 Å². The number of carboxylic acid groups (broad SMARTS) is 1. The Hall–Kier alpha value is -0.100. The van der Waals surface area contributed by atoms with Gasteiger partial charge in [-0.3, -0.25) is 4.79 Å². The topological polar surface area (TPSA) is 37.3 Å². The molecular weight excluding hydrogens is 303 g/mol. The zero-order chi connectivity index (χ0) is 16.5. The Labute approximate surface area is 145 Å². The van der Waals surface area contributed by atoms with Crippen molar-refractivity contribution in [2.45, 2.75) is 102 Å². The molecule has 0 spiro atoms. The highest BCUT2D eigenvalue weighted by atomic mass is 31.0. The maximum absolute atomic E-state index is 12.2. The molecule has 3 heteroatoms. The third-order valence-electron chi connectivity index (χ3n) is 6.28. The van der Waals surface area contributed by atoms with Gasteiger partial charge in [0.2, 0.25) is 0 Å². The highest BCUT2D eigenvalue weighted by Crippen LogP contribution is 2.40. The van der Waals surface area contributed by atoms with Crippen LogP contribution in [-0.4, -0.2) is 16.7 Å². The summed E-state index contributed by atoms with van der Waals surface area (Å²) in [6.07, 6.45) is 18.9. The van der Waals surface area contributed by atoms with Crippen LogP contribution in [0.3, 0.4) is 0 Å². The normalized spacial score (nSPS) is 30.8. The number of rotatable bonds is 3. The van der Waals surface area contributed by atoms with Crippen molar-refractivity contribution in [3.8, 4) is 0 Å². The summed E-state index contributed by atoms with van der Waals surface area (Å²) in [6, 6.07) is 0. The average molecular weight is 340 g/mol. The van der Waals surface area contributed by atoms with Gasteiger partial charge in [-0.2, -0.15) is 0 Å². The standard InChI is InChI=1S/C20H37O2P/c21-20(22)19(16-12-8-4-1-2-5-9-13-16)17-14-10-6-3-7-11-15-18(17)23/h16-19H,1-15,23H2,(H,21,22). The first-order valence-corrected chi connectivity index (χ1v) is 10.8. The molecule has 0 bridgehead atoms. The molecule has 2 nitrogen and oxygen atoms in total. The van der Waals surface area contributed by atoms with Gasteiger partial charge in [0.05, 0.1) is 5.92 Å². The Bertz CT molecular complexity index is 335. The van der Waals surface area contributed by atoms with E-state index in [4.69, 9.17) is 0 Å². The van der Waals surface area contributed by atoms with Crippen LogP contribution in [-0.2, 0) is 4.79 Å². The highest BCUT2D eigenvalue weighted by molar-refractivity contribution is 7.17. The van der Waals surface area contributed by atoms with Gasteiger partial charge in [-0.25, -0.2) is 0 Å². The molecule has 2 saturated carbocycles. The van der Waals surface area contributed by atoms with Crippen LogP contribution in [0, 0.1) is 17.8 Å². The summed E-state index contributed by atoms with van der Waals surface area (Å²) in [5, 5.41) is 10.1. The second kappa shape index (κ2) is 10.7. The Kier molecular flexibility index (Phi) is 8.95. The largest absolute Gasteiger partial charge is 0.481 e. The van der Waals surface area contributed by atoms with Crippen molar-refractivity contribution in [2.75, 3.05) is 0 Å². The van der Waals surface area contributed by atoms with Crippen LogP contribution in [0.4, 0.5) is 0 Å². The number of aliphatic carboxylic acids is 1. The predicted octanol–water partition coefficient (Wildman–Crippen LogP) is 6.04. The molecular formula is C20H37O2P. The minimum absolute atomic E-state index is 0.103. The Balaban J connectivity index is 2.10. The molecule has 23 heavy (non-hydrogen) atoms. The molecule has 0 radical (unpaired) electrons. The van der Waals surface area contributed by atoms with Crippen LogP contribution in [0.1, 0.15) is 96.3 Å². The fourth-order valence-electron chi connectivity index (χ4n) is 4.92. The van der Waals surface area contributed by atoms with E-state index in [0.717, 1.165) is 19.3 Å². The molecule has 0 aromatic heterocycles. The van der Waals surface area contributed by atoms with Gasteiger partial charge in [0.1, 0.15) is 0 Å². The smallest absolute Gasteiger partial charge is 0.307 e. The number of carboxylic acids is 1. The Morgan fingerprint density at radius 2 is 1.17 bits per heavy atom. The quantitative estimate of drug-likeness (QED) is 0.636. The first-order chi connectivity index (χ1) is 11.2. The molecule has 2 aliphatic rings. The van der Waals surface area contributed by atoms with Crippen LogP contribution in [0.25, 0.3) is 0 Å². The van der Waals surface area contributed by atoms with Gasteiger partial charge in [0.25, 0.3) is 0 Å². The van der Waals surface area contributed by atoms with Crippen LogP contribution in [0.2, 0.25) is 0 Å². The van der Waals surface area contributed by atoms with Gasteiger partial charge in [0, 0.05) is 0 Å². The molecule has 0 aromatic carbocycles. The molecule has 0 heterocycles. The lowest BCUT2D eigenvalue weighted by atomic mass is 9.73. The minimum Gasteiger partial charge on any atom is -0.481 e. The Morgan fingerprint density at radius 3 is 1.70 bits per heavy atom. The molecule has 1 N–H and O–H groups in total. The molecule has 0 saturated heterocycles. The van der Waals surface area contributed by atoms with E-state index in [0.29, 0.717) is 17.5 Å². The van der Waals surface area contributed by atoms with Crippen molar-refractivity contribution in [3.05, 3.63) is 0 Å². The van der Waals surface area contributed by atoms with E-state index in [9.17, 15) is 9.90 Å². The maximum Gasteiger partial charge on any atom is 0.307 e. The summed E-state index contributed by atoms with van der Waals surface area (Å²) in [5.41, 5.74) is 0.502. The molecule has 2 fully saturated rings. The SMILES string of the molecule is O=C(O)C(C1CCCCCCCC1)C1CCCCCCCC1P. The fraction of sp³-hybridized carbons (Fsp3) is 0.950. The summed E-state index contributed by atoms with van der Waals surface area (Å²) in [6.45, 7) is 0. The predicted molar refractivity (Wildman–Crippen MR) is 101 cm³/mol. The first kappa shape index (κ1) is 19.2. The van der Waals surface area contributed by atoms with Crippen molar-refractivity contribution in [2.24, 2.45) is 17.8 Å². The number of hydrogen-bond acceptors (Lipinski definition) is 1. The molecule has 0 amide bonds. The average Bonchev–Trinajstić information content (AvgIpc) is 2.71. The summed E-state index contributed by atoms with van der Waals surface area (Å²) < 4.78 is 0. The van der Waals surface area contributed by atoms with E-state index >= 15 is 0 Å². The van der Waals surface area contributed by atoms with E-state index < -0.39 is 5.97 Å². The van der Waals surface area contributed by atoms with Gasteiger partial charge in [-0.05, 0) is 43.2 Å². The van der Waals surface area contributed by atoms with Crippen LogP contribution >= 0.6 is 9.24 Å². The van der Waals surface area contributed by atoms with Gasteiger partial charge >= 0.3 is 5.97 Å². The summed E-state index contributed by atoms with van der Waals surface area (Å²) in [7, 11) is 3.03. The summed E-state index contributed by atoms with van der Waals surface area (Å²) >= 11 is 0. The molecule has 2 rings (SSSR count). The van der Waals surface area contributed by atoms with E-state index in [1.165, 1.54) is 77.0 Å². The number of hydrogen-bond donors (Lipinski definition) is 1. The lowest BCUT2D eigenvalue weighted by Crippen LogP contribution is -2.36. The minimum atomic E-state index is -0.508. The fourth-order valence-corrected chi connectivity index (χ4v) is 5.59. The van der Waals surface area contributed by atoms with Crippen LogP contribution in [0.5, 0.6) is 0 Å². The van der Waals surface area contributed by atoms with Crippen molar-refractivity contribution >= 4 is 15.2 Å². The third-order valence-corrected chi connectivity index (χ3v) is 7.11. The van der Waals surface area contributed by atoms with Crippen LogP contribution < -0.4 is 0 Å². The first-order valence-electron chi connectivity index (χ1n) is 10.2. The number of carbonyl (C=O) groups is 1. The zero-order valence-electron chi connectivity index (χ0n) is 14.8. The zero-order valence-corrected chi connectivity index (χ0v) is 16.0. The second-order valence-electron chi connectivity index (χ2n) is 8.00. The lowest BCUT2D eigenvalue weighted by Gasteiger charge is -2.34. The van der Waals surface area contributed by atoms with E-state index in [1.54, 1.807) is 0 Å². The monoisotopic (exact) mass is 340 g/mol. The maximum atomic E-state index is 12.2. The summed E-state index contributed by atoms with van der Waals surface area (Å²) in [4.78, 5) is 12.2.